The fourth-order valence-corrected chi connectivity index (χ4v) is 1.45. The Morgan fingerprint density at radius 1 is 1.20 bits per heavy atom. The van der Waals surface area contributed by atoms with E-state index in [1.165, 1.54) is 12.1 Å². The molecule has 2 nitrogen and oxygen atoms in total. The quantitative estimate of drug-likeness (QED) is 0.752. The van der Waals surface area contributed by atoms with Crippen LogP contribution in [0, 0.1) is 0 Å². The molecule has 0 aliphatic heterocycles. The van der Waals surface area contributed by atoms with Gasteiger partial charge in [0.15, 0.2) is 0 Å². The first-order valence-corrected chi connectivity index (χ1v) is 4.38. The zero-order chi connectivity index (χ0) is 11.1. The number of aromatic nitrogens is 1. The van der Waals surface area contributed by atoms with Crippen LogP contribution in [0.15, 0.2) is 30.5 Å². The highest BCUT2D eigenvalue weighted by Gasteiger charge is 2.37. The number of fused-ring (bicyclic) bond motifs is 1. The number of hydrogen-bond acceptors (Lipinski definition) is 1. The average molecular weight is 214 g/mol. The second kappa shape index (κ2) is 3.27. The van der Waals surface area contributed by atoms with E-state index in [9.17, 15) is 13.2 Å². The molecule has 0 bridgehead atoms. The summed E-state index contributed by atoms with van der Waals surface area (Å²) in [7, 11) is 0. The van der Waals surface area contributed by atoms with E-state index < -0.39 is 12.2 Å². The average Bonchev–Trinajstić information content (AvgIpc) is 2.61. The second-order valence-corrected chi connectivity index (χ2v) is 3.34. The number of nitrogens with one attached hydrogen (secondary N) is 1. The molecule has 80 valence electrons. The highest BCUT2D eigenvalue weighted by molar-refractivity contribution is 5.80. The van der Waals surface area contributed by atoms with Crippen molar-refractivity contribution in [2.75, 3.05) is 0 Å². The molecule has 1 aromatic carbocycles. The molecule has 0 radical (unpaired) electrons. The Hall–Kier alpha value is -1.49. The number of nitrogens with two attached hydrogens (primary N) is 1. The van der Waals surface area contributed by atoms with Crippen molar-refractivity contribution >= 4 is 10.9 Å². The van der Waals surface area contributed by atoms with Crippen molar-refractivity contribution in [1.29, 1.82) is 0 Å². The normalized spacial score (nSPS) is 14.4. The molecule has 5 heteroatoms. The van der Waals surface area contributed by atoms with Crippen molar-refractivity contribution in [3.8, 4) is 0 Å². The van der Waals surface area contributed by atoms with Gasteiger partial charge in [0.2, 0.25) is 0 Å². The topological polar surface area (TPSA) is 41.8 Å². The van der Waals surface area contributed by atoms with Crippen molar-refractivity contribution in [3.63, 3.8) is 0 Å². The minimum Gasteiger partial charge on any atom is -0.361 e. The van der Waals surface area contributed by atoms with Crippen molar-refractivity contribution in [2.45, 2.75) is 12.2 Å². The van der Waals surface area contributed by atoms with Gasteiger partial charge in [-0.15, -0.1) is 0 Å². The van der Waals surface area contributed by atoms with Crippen LogP contribution < -0.4 is 5.73 Å². The van der Waals surface area contributed by atoms with Crippen LogP contribution >= 0.6 is 0 Å². The van der Waals surface area contributed by atoms with E-state index >= 15 is 0 Å². The molecule has 2 rings (SSSR count). The minimum atomic E-state index is -4.40. The zero-order valence-corrected chi connectivity index (χ0v) is 7.68. The van der Waals surface area contributed by atoms with Gasteiger partial charge in [-0.2, -0.15) is 13.2 Å². The Labute approximate surface area is 83.9 Å². The predicted molar refractivity (Wildman–Crippen MR) is 51.3 cm³/mol. The van der Waals surface area contributed by atoms with E-state index in [1.54, 1.807) is 18.3 Å². The zero-order valence-electron chi connectivity index (χ0n) is 7.68. The summed E-state index contributed by atoms with van der Waals surface area (Å²) in [6.45, 7) is 0. The molecule has 0 saturated heterocycles. The van der Waals surface area contributed by atoms with Gasteiger partial charge in [0.05, 0.1) is 0 Å². The summed E-state index contributed by atoms with van der Waals surface area (Å²) in [5.74, 6) is 0. The number of alkyl halides is 3. The molecule has 1 aromatic heterocycles. The molecule has 0 unspecified atom stereocenters. The maximum Gasteiger partial charge on any atom is 0.407 e. The second-order valence-electron chi connectivity index (χ2n) is 3.34. The van der Waals surface area contributed by atoms with Crippen LogP contribution in [0.4, 0.5) is 13.2 Å². The first-order valence-electron chi connectivity index (χ1n) is 4.38. The molecule has 15 heavy (non-hydrogen) atoms. The number of aromatic amines is 1. The molecule has 0 aliphatic rings. The lowest BCUT2D eigenvalue weighted by molar-refractivity contribution is -0.149. The fraction of sp³-hybridized carbons (Fsp3) is 0.200. The SMILES string of the molecule is N[C@@H](c1ccc2[nH]ccc2c1)C(F)(F)F. The van der Waals surface area contributed by atoms with Gasteiger partial charge >= 0.3 is 6.18 Å². The molecule has 3 N–H and O–H groups in total. The van der Waals surface area contributed by atoms with Crippen molar-refractivity contribution in [3.05, 3.63) is 36.0 Å². The van der Waals surface area contributed by atoms with Gasteiger partial charge < -0.3 is 10.7 Å². The monoisotopic (exact) mass is 214 g/mol. The van der Waals surface area contributed by atoms with Gasteiger partial charge in [0, 0.05) is 11.7 Å². The molecule has 0 spiro atoms. The van der Waals surface area contributed by atoms with Crippen LogP contribution in [0.5, 0.6) is 0 Å². The largest absolute Gasteiger partial charge is 0.407 e. The Balaban J connectivity index is 2.44. The lowest BCUT2D eigenvalue weighted by Gasteiger charge is -2.15. The van der Waals surface area contributed by atoms with E-state index in [-0.39, 0.29) is 5.56 Å². The number of halogens is 3. The van der Waals surface area contributed by atoms with Crippen LogP contribution in [0.25, 0.3) is 10.9 Å². The van der Waals surface area contributed by atoms with Crippen LogP contribution in [-0.2, 0) is 0 Å². The van der Waals surface area contributed by atoms with Crippen LogP contribution in [-0.4, -0.2) is 11.2 Å². The van der Waals surface area contributed by atoms with Crippen LogP contribution in [0.3, 0.4) is 0 Å². The predicted octanol–water partition coefficient (Wildman–Crippen LogP) is 2.73. The lowest BCUT2D eigenvalue weighted by atomic mass is 10.1. The number of benzene rings is 1. The van der Waals surface area contributed by atoms with Gasteiger partial charge in [-0.1, -0.05) is 6.07 Å². The Morgan fingerprint density at radius 2 is 1.93 bits per heavy atom. The standard InChI is InChI=1S/C10H9F3N2/c11-10(12,13)9(14)7-1-2-8-6(5-7)3-4-15-8/h1-5,9,15H,14H2/t9-/m0/s1. The smallest absolute Gasteiger partial charge is 0.361 e. The molecule has 2 aromatic rings. The van der Waals surface area contributed by atoms with Gasteiger partial charge in [-0.05, 0) is 29.1 Å². The summed E-state index contributed by atoms with van der Waals surface area (Å²) in [6, 6.07) is 4.22. The fourth-order valence-electron chi connectivity index (χ4n) is 1.45. The number of hydrogen-bond donors (Lipinski definition) is 2. The van der Waals surface area contributed by atoms with Crippen LogP contribution in [0.2, 0.25) is 0 Å². The third kappa shape index (κ3) is 1.83. The summed E-state index contributed by atoms with van der Waals surface area (Å²) in [6.07, 6.45) is -2.72. The number of rotatable bonds is 1. The molecule has 1 heterocycles. The molecule has 0 amide bonds. The van der Waals surface area contributed by atoms with Crippen molar-refractivity contribution in [2.24, 2.45) is 5.73 Å². The van der Waals surface area contributed by atoms with E-state index in [0.717, 1.165) is 10.9 Å². The van der Waals surface area contributed by atoms with Crippen molar-refractivity contribution < 1.29 is 13.2 Å². The minimum absolute atomic E-state index is 0.0783. The summed E-state index contributed by atoms with van der Waals surface area (Å²) < 4.78 is 37.0. The van der Waals surface area contributed by atoms with Crippen molar-refractivity contribution in [1.82, 2.24) is 4.98 Å². The van der Waals surface area contributed by atoms with E-state index in [0.29, 0.717) is 0 Å². The summed E-state index contributed by atoms with van der Waals surface area (Å²) >= 11 is 0. The maximum absolute atomic E-state index is 12.3. The lowest BCUT2D eigenvalue weighted by Crippen LogP contribution is -2.28. The number of H-pyrrole nitrogens is 1. The Kier molecular flexibility index (Phi) is 2.19. The molecule has 1 atom stereocenters. The summed E-state index contributed by atoms with van der Waals surface area (Å²) in [4.78, 5) is 2.90. The Morgan fingerprint density at radius 3 is 2.60 bits per heavy atom. The van der Waals surface area contributed by atoms with Crippen LogP contribution in [0.1, 0.15) is 11.6 Å². The van der Waals surface area contributed by atoms with E-state index in [2.05, 4.69) is 4.98 Å². The molecule has 0 saturated carbocycles. The summed E-state index contributed by atoms with van der Waals surface area (Å²) in [5, 5.41) is 0.729. The van der Waals surface area contributed by atoms with Gasteiger partial charge in [0.1, 0.15) is 6.04 Å². The third-order valence-electron chi connectivity index (χ3n) is 2.29. The molecule has 0 fully saturated rings. The molecular formula is C10H9F3N2. The Bertz CT molecular complexity index is 473. The first kappa shape index (κ1) is 10.0. The van der Waals surface area contributed by atoms with Gasteiger partial charge in [0.25, 0.3) is 0 Å². The first-order chi connectivity index (χ1) is 6.98. The maximum atomic E-state index is 12.3. The third-order valence-corrected chi connectivity index (χ3v) is 2.29. The van der Waals surface area contributed by atoms with Gasteiger partial charge in [-0.25, -0.2) is 0 Å². The highest BCUT2D eigenvalue weighted by Crippen LogP contribution is 2.31. The van der Waals surface area contributed by atoms with Gasteiger partial charge in [-0.3, -0.25) is 0 Å². The van der Waals surface area contributed by atoms with E-state index in [4.69, 9.17) is 5.73 Å². The van der Waals surface area contributed by atoms with E-state index in [1.807, 2.05) is 0 Å². The molecule has 0 aliphatic carbocycles. The highest BCUT2D eigenvalue weighted by atomic mass is 19.4. The summed E-state index contributed by atoms with van der Waals surface area (Å²) in [5.41, 5.74) is 5.97. The molecular weight excluding hydrogens is 205 g/mol.